The third-order valence-corrected chi connectivity index (χ3v) is 3.54. The number of hydrogen-bond acceptors (Lipinski definition) is 3. The number of benzene rings is 1. The third-order valence-electron chi connectivity index (χ3n) is 3.54. The van der Waals surface area contributed by atoms with Crippen LogP contribution in [0, 0.1) is 6.92 Å². The van der Waals surface area contributed by atoms with E-state index >= 15 is 0 Å². The van der Waals surface area contributed by atoms with Gasteiger partial charge in [-0.15, -0.1) is 13.2 Å². The lowest BCUT2D eigenvalue weighted by Crippen LogP contribution is -2.30. The molecule has 0 bridgehead atoms. The Balaban J connectivity index is 0.000000861. The average molecular weight is 257 g/mol. The van der Waals surface area contributed by atoms with Gasteiger partial charge in [0.15, 0.2) is 0 Å². The van der Waals surface area contributed by atoms with Crippen LogP contribution in [0.1, 0.15) is 36.8 Å². The minimum atomic E-state index is -0.527. The van der Waals surface area contributed by atoms with Gasteiger partial charge in [-0.2, -0.15) is 4.99 Å². The number of hydrogen-bond donors (Lipinski definition) is 0. The summed E-state index contributed by atoms with van der Waals surface area (Å²) in [6.45, 7) is 8.01. The van der Waals surface area contributed by atoms with E-state index in [0.717, 1.165) is 11.1 Å². The first-order valence-corrected chi connectivity index (χ1v) is 6.35. The minimum Gasteiger partial charge on any atom is -0.300 e. The Hall–Kier alpha value is -1.99. The number of Topliss-reactive ketones (excluding diaryl/α,β-unsaturated/α-hetero) is 1. The van der Waals surface area contributed by atoms with Gasteiger partial charge in [-0.25, -0.2) is 4.79 Å². The fraction of sp³-hybridized carbons (Fsp3) is 0.375. The number of ketones is 1. The average Bonchev–Trinajstić information content (AvgIpc) is 2.45. The highest BCUT2D eigenvalue weighted by Crippen LogP contribution is 2.40. The van der Waals surface area contributed by atoms with E-state index in [1.165, 1.54) is 0 Å². The molecule has 0 aromatic heterocycles. The van der Waals surface area contributed by atoms with Crippen LogP contribution in [-0.4, -0.2) is 11.9 Å². The van der Waals surface area contributed by atoms with Crippen molar-refractivity contribution in [3.63, 3.8) is 0 Å². The van der Waals surface area contributed by atoms with Gasteiger partial charge < -0.3 is 0 Å². The van der Waals surface area contributed by atoms with Crippen LogP contribution in [0.2, 0.25) is 0 Å². The molecule has 0 heterocycles. The summed E-state index contributed by atoms with van der Waals surface area (Å²) >= 11 is 0. The zero-order chi connectivity index (χ0) is 14.3. The van der Waals surface area contributed by atoms with E-state index in [2.05, 4.69) is 18.2 Å². The molecule has 0 saturated heterocycles. The van der Waals surface area contributed by atoms with Gasteiger partial charge >= 0.3 is 0 Å². The van der Waals surface area contributed by atoms with Gasteiger partial charge in [-0.05, 0) is 30.9 Å². The Morgan fingerprint density at radius 1 is 1.21 bits per heavy atom. The molecule has 0 aliphatic heterocycles. The summed E-state index contributed by atoms with van der Waals surface area (Å²) in [6.07, 6.45) is 3.92. The Kier molecular flexibility index (Phi) is 5.40. The Bertz CT molecular complexity index is 491. The van der Waals surface area contributed by atoms with Crippen LogP contribution in [0.15, 0.2) is 42.4 Å². The molecular weight excluding hydrogens is 238 g/mol. The van der Waals surface area contributed by atoms with E-state index in [9.17, 15) is 9.59 Å². The molecule has 1 fully saturated rings. The van der Waals surface area contributed by atoms with Crippen molar-refractivity contribution in [2.75, 3.05) is 0 Å². The van der Waals surface area contributed by atoms with E-state index in [1.807, 2.05) is 31.2 Å². The predicted molar refractivity (Wildman–Crippen MR) is 75.7 cm³/mol. The van der Waals surface area contributed by atoms with Crippen molar-refractivity contribution in [2.24, 2.45) is 4.99 Å². The van der Waals surface area contributed by atoms with E-state index in [0.29, 0.717) is 25.7 Å². The second-order valence-electron chi connectivity index (χ2n) is 4.59. The molecule has 2 rings (SSSR count). The third kappa shape index (κ3) is 3.27. The minimum absolute atomic E-state index is 0.260. The molecule has 0 N–H and O–H groups in total. The molecule has 0 unspecified atom stereocenters. The lowest BCUT2D eigenvalue weighted by atomic mass is 9.75. The van der Waals surface area contributed by atoms with Crippen LogP contribution in [0.25, 0.3) is 0 Å². The molecule has 100 valence electrons. The first-order chi connectivity index (χ1) is 9.18. The quantitative estimate of drug-likeness (QED) is 0.462. The van der Waals surface area contributed by atoms with Crippen LogP contribution >= 0.6 is 0 Å². The number of aliphatic imine (C=N–C) groups is 1. The summed E-state index contributed by atoms with van der Waals surface area (Å²) in [4.78, 5) is 26.0. The molecule has 1 saturated carbocycles. The lowest BCUT2D eigenvalue weighted by Gasteiger charge is -2.33. The smallest absolute Gasteiger partial charge is 0.235 e. The van der Waals surface area contributed by atoms with Crippen molar-refractivity contribution in [2.45, 2.75) is 38.1 Å². The standard InChI is InChI=1S/C14H15NO2.C2H4/c1-11-4-2-3-5-13(11)14(15-10-16)8-6-12(17)7-9-14;1-2/h2-5H,6-9H2,1H3;1-2H2. The fourth-order valence-corrected chi connectivity index (χ4v) is 2.57. The van der Waals surface area contributed by atoms with E-state index in [-0.39, 0.29) is 5.78 Å². The molecular formula is C16H19NO2. The number of carbonyl (C=O) groups excluding carboxylic acids is 2. The lowest BCUT2D eigenvalue weighted by molar-refractivity contribution is -0.121. The van der Waals surface area contributed by atoms with Crippen molar-refractivity contribution < 1.29 is 9.59 Å². The number of rotatable bonds is 2. The van der Waals surface area contributed by atoms with Crippen molar-refractivity contribution in [3.8, 4) is 0 Å². The topological polar surface area (TPSA) is 46.5 Å². The number of carbonyl (C=O) groups is 1. The van der Waals surface area contributed by atoms with E-state index in [1.54, 1.807) is 6.08 Å². The zero-order valence-electron chi connectivity index (χ0n) is 11.3. The highest BCUT2D eigenvalue weighted by Gasteiger charge is 2.37. The van der Waals surface area contributed by atoms with Crippen molar-refractivity contribution in [1.82, 2.24) is 0 Å². The van der Waals surface area contributed by atoms with Gasteiger partial charge in [0, 0.05) is 12.8 Å². The Morgan fingerprint density at radius 3 is 2.32 bits per heavy atom. The maximum Gasteiger partial charge on any atom is 0.235 e. The number of aryl methyl sites for hydroxylation is 1. The molecule has 3 heteroatoms. The maximum absolute atomic E-state index is 11.3. The van der Waals surface area contributed by atoms with Crippen molar-refractivity contribution in [1.29, 1.82) is 0 Å². The summed E-state index contributed by atoms with van der Waals surface area (Å²) in [5, 5.41) is 0. The van der Waals surface area contributed by atoms with Crippen LogP contribution < -0.4 is 0 Å². The van der Waals surface area contributed by atoms with Crippen molar-refractivity contribution in [3.05, 3.63) is 48.6 Å². The predicted octanol–water partition coefficient (Wildman–Crippen LogP) is 3.47. The van der Waals surface area contributed by atoms with Crippen LogP contribution in [0.5, 0.6) is 0 Å². The van der Waals surface area contributed by atoms with Gasteiger partial charge in [0.05, 0.1) is 5.54 Å². The van der Waals surface area contributed by atoms with Gasteiger partial charge in [-0.3, -0.25) is 4.79 Å². The number of isocyanates is 1. The normalized spacial score (nSPS) is 16.8. The summed E-state index contributed by atoms with van der Waals surface area (Å²) in [5.41, 5.74) is 1.64. The SMILES string of the molecule is C=C.Cc1ccccc1C1(N=C=O)CCC(=O)CC1. The van der Waals surface area contributed by atoms with E-state index < -0.39 is 5.54 Å². The molecule has 0 amide bonds. The molecule has 0 spiro atoms. The van der Waals surface area contributed by atoms with Gasteiger partial charge in [0.25, 0.3) is 0 Å². The first kappa shape index (κ1) is 15.1. The Morgan fingerprint density at radius 2 is 1.79 bits per heavy atom. The summed E-state index contributed by atoms with van der Waals surface area (Å²) in [5.74, 6) is 0.260. The van der Waals surface area contributed by atoms with Crippen molar-refractivity contribution >= 4 is 11.9 Å². The second-order valence-corrected chi connectivity index (χ2v) is 4.59. The largest absolute Gasteiger partial charge is 0.300 e. The van der Waals surface area contributed by atoms with E-state index in [4.69, 9.17) is 0 Å². The molecule has 3 nitrogen and oxygen atoms in total. The van der Waals surface area contributed by atoms with Crippen LogP contribution in [0.3, 0.4) is 0 Å². The zero-order valence-corrected chi connectivity index (χ0v) is 11.3. The summed E-state index contributed by atoms with van der Waals surface area (Å²) in [6, 6.07) is 7.91. The fourth-order valence-electron chi connectivity index (χ4n) is 2.57. The second kappa shape index (κ2) is 6.81. The first-order valence-electron chi connectivity index (χ1n) is 6.35. The highest BCUT2D eigenvalue weighted by atomic mass is 16.1. The molecule has 19 heavy (non-hydrogen) atoms. The van der Waals surface area contributed by atoms with Crippen LogP contribution in [0.4, 0.5) is 0 Å². The van der Waals surface area contributed by atoms with Crippen LogP contribution in [-0.2, 0) is 15.1 Å². The summed E-state index contributed by atoms with van der Waals surface area (Å²) < 4.78 is 0. The highest BCUT2D eigenvalue weighted by molar-refractivity contribution is 5.79. The summed E-state index contributed by atoms with van der Waals surface area (Å²) in [7, 11) is 0. The Labute approximate surface area is 114 Å². The molecule has 1 aromatic rings. The van der Waals surface area contributed by atoms with Gasteiger partial charge in [0.1, 0.15) is 5.78 Å². The van der Waals surface area contributed by atoms with Gasteiger partial charge in [-0.1, -0.05) is 24.3 Å². The monoisotopic (exact) mass is 257 g/mol. The number of nitrogens with zero attached hydrogens (tertiary/aromatic N) is 1. The molecule has 1 aliphatic rings. The molecule has 0 atom stereocenters. The molecule has 1 aliphatic carbocycles. The maximum atomic E-state index is 11.3. The molecule has 1 aromatic carbocycles. The molecule has 0 radical (unpaired) electrons. The van der Waals surface area contributed by atoms with Gasteiger partial charge in [0.2, 0.25) is 6.08 Å².